The largest absolute Gasteiger partial charge is 0.494 e. The summed E-state index contributed by atoms with van der Waals surface area (Å²) in [6.45, 7) is 8.72. The second-order valence-electron chi connectivity index (χ2n) is 9.77. The third kappa shape index (κ3) is 4.46. The van der Waals surface area contributed by atoms with Crippen molar-refractivity contribution in [2.75, 3.05) is 25.1 Å². The molecule has 9 heteroatoms. The third-order valence-electron chi connectivity index (χ3n) is 7.15. The highest BCUT2D eigenvalue weighted by molar-refractivity contribution is 5.99. The van der Waals surface area contributed by atoms with Gasteiger partial charge in [-0.3, -0.25) is 4.79 Å². The quantitative estimate of drug-likeness (QED) is 0.561. The van der Waals surface area contributed by atoms with Crippen LogP contribution < -0.4 is 20.7 Å². The van der Waals surface area contributed by atoms with Crippen molar-refractivity contribution in [1.82, 2.24) is 19.9 Å². The molecule has 186 valence electrons. The topological polar surface area (TPSA) is 108 Å². The highest BCUT2D eigenvalue weighted by Crippen LogP contribution is 2.34. The Morgan fingerprint density at radius 3 is 2.60 bits per heavy atom. The molecule has 0 radical (unpaired) electrons. The number of fused-ring (bicyclic) bond motifs is 1. The number of anilines is 1. The SMILES string of the molecule is COc1cc(C(N)=O)cc2nc(-c3ccc(N4[C@@H](C)CC[C@@H]4C)nc3)n(C[C@@H]3CNC[C@H](C)O3)c12. The minimum Gasteiger partial charge on any atom is -0.494 e. The smallest absolute Gasteiger partial charge is 0.248 e. The molecule has 5 rings (SSSR count). The molecule has 3 N–H and O–H groups in total. The molecule has 0 aliphatic carbocycles. The van der Waals surface area contributed by atoms with Crippen LogP contribution in [-0.2, 0) is 11.3 Å². The molecule has 4 atom stereocenters. The van der Waals surface area contributed by atoms with Crippen molar-refractivity contribution in [3.63, 3.8) is 0 Å². The van der Waals surface area contributed by atoms with Crippen molar-refractivity contribution in [3.8, 4) is 17.1 Å². The van der Waals surface area contributed by atoms with Gasteiger partial charge in [0, 0.05) is 42.5 Å². The van der Waals surface area contributed by atoms with Crippen LogP contribution in [0.4, 0.5) is 5.82 Å². The van der Waals surface area contributed by atoms with Crippen LogP contribution in [0, 0.1) is 0 Å². The van der Waals surface area contributed by atoms with Gasteiger partial charge in [-0.15, -0.1) is 0 Å². The average Bonchev–Trinajstić information content (AvgIpc) is 3.37. The van der Waals surface area contributed by atoms with Gasteiger partial charge >= 0.3 is 0 Å². The Hall–Kier alpha value is -3.17. The van der Waals surface area contributed by atoms with Crippen LogP contribution in [0.5, 0.6) is 5.75 Å². The summed E-state index contributed by atoms with van der Waals surface area (Å²) in [5.74, 6) is 1.77. The number of carbonyl (C=O) groups excluding carboxylic acids is 1. The van der Waals surface area contributed by atoms with Gasteiger partial charge in [-0.2, -0.15) is 0 Å². The van der Waals surface area contributed by atoms with Crippen LogP contribution in [-0.4, -0.2) is 64.9 Å². The molecule has 1 amide bonds. The molecular weight excluding hydrogens is 444 g/mol. The average molecular weight is 479 g/mol. The van der Waals surface area contributed by atoms with E-state index >= 15 is 0 Å². The van der Waals surface area contributed by atoms with Gasteiger partial charge in [-0.25, -0.2) is 9.97 Å². The van der Waals surface area contributed by atoms with Crippen LogP contribution in [0.2, 0.25) is 0 Å². The number of primary amides is 1. The van der Waals surface area contributed by atoms with Crippen molar-refractivity contribution in [1.29, 1.82) is 0 Å². The number of hydrogen-bond donors (Lipinski definition) is 2. The summed E-state index contributed by atoms with van der Waals surface area (Å²) in [5.41, 5.74) is 8.28. The molecule has 2 fully saturated rings. The maximum Gasteiger partial charge on any atom is 0.248 e. The van der Waals surface area contributed by atoms with Crippen molar-refractivity contribution in [3.05, 3.63) is 36.0 Å². The lowest BCUT2D eigenvalue weighted by Gasteiger charge is -2.29. The van der Waals surface area contributed by atoms with E-state index in [-0.39, 0.29) is 12.2 Å². The molecule has 3 aromatic rings. The molecule has 9 nitrogen and oxygen atoms in total. The Kier molecular flexibility index (Phi) is 6.37. The number of hydrogen-bond acceptors (Lipinski definition) is 7. The summed E-state index contributed by atoms with van der Waals surface area (Å²) in [6.07, 6.45) is 4.33. The monoisotopic (exact) mass is 478 g/mol. The Bertz CT molecular complexity index is 1210. The molecule has 4 heterocycles. The maximum atomic E-state index is 11.9. The van der Waals surface area contributed by atoms with Gasteiger partial charge in [0.15, 0.2) is 0 Å². The molecule has 0 spiro atoms. The van der Waals surface area contributed by atoms with Crippen molar-refractivity contribution in [2.45, 2.75) is 64.4 Å². The first-order valence-corrected chi connectivity index (χ1v) is 12.3. The molecule has 2 aliphatic rings. The van der Waals surface area contributed by atoms with E-state index in [0.29, 0.717) is 35.5 Å². The zero-order chi connectivity index (χ0) is 24.7. The zero-order valence-electron chi connectivity index (χ0n) is 20.8. The van der Waals surface area contributed by atoms with Gasteiger partial charge in [0.25, 0.3) is 0 Å². The van der Waals surface area contributed by atoms with Crippen molar-refractivity contribution < 1.29 is 14.3 Å². The predicted octanol–water partition coefficient (Wildman–Crippen LogP) is 2.96. The van der Waals surface area contributed by atoms with Crippen LogP contribution in [0.25, 0.3) is 22.4 Å². The summed E-state index contributed by atoms with van der Waals surface area (Å²) >= 11 is 0. The summed E-state index contributed by atoms with van der Waals surface area (Å²) in [7, 11) is 1.59. The number of ether oxygens (including phenoxy) is 2. The van der Waals surface area contributed by atoms with E-state index in [1.54, 1.807) is 19.2 Å². The lowest BCUT2D eigenvalue weighted by molar-refractivity contribution is -0.0342. The first-order valence-electron chi connectivity index (χ1n) is 12.3. The summed E-state index contributed by atoms with van der Waals surface area (Å²) in [6, 6.07) is 8.49. The van der Waals surface area contributed by atoms with E-state index in [1.165, 1.54) is 12.8 Å². The normalized spacial score (nSPS) is 24.7. The van der Waals surface area contributed by atoms with Gasteiger partial charge < -0.3 is 30.0 Å². The van der Waals surface area contributed by atoms with Gasteiger partial charge in [0.2, 0.25) is 5.91 Å². The fourth-order valence-corrected chi connectivity index (χ4v) is 5.43. The zero-order valence-corrected chi connectivity index (χ0v) is 20.8. The number of benzene rings is 1. The summed E-state index contributed by atoms with van der Waals surface area (Å²) in [4.78, 5) is 24.1. The lowest BCUT2D eigenvalue weighted by atomic mass is 10.1. The summed E-state index contributed by atoms with van der Waals surface area (Å²) < 4.78 is 14.0. The van der Waals surface area contributed by atoms with E-state index < -0.39 is 5.91 Å². The number of morpholine rings is 1. The number of pyridine rings is 1. The fourth-order valence-electron chi connectivity index (χ4n) is 5.43. The number of rotatable bonds is 6. The highest BCUT2D eigenvalue weighted by atomic mass is 16.5. The minimum absolute atomic E-state index is 0.0334. The number of imidazole rings is 1. The van der Waals surface area contributed by atoms with Crippen LogP contribution in [0.1, 0.15) is 44.0 Å². The molecule has 2 aliphatic heterocycles. The van der Waals surface area contributed by atoms with Crippen molar-refractivity contribution in [2.24, 2.45) is 5.73 Å². The Morgan fingerprint density at radius 2 is 1.97 bits per heavy atom. The predicted molar refractivity (Wildman–Crippen MR) is 136 cm³/mol. The highest BCUT2D eigenvalue weighted by Gasteiger charge is 2.29. The molecule has 0 bridgehead atoms. The van der Waals surface area contributed by atoms with Crippen LogP contribution >= 0.6 is 0 Å². The Labute approximate surface area is 205 Å². The maximum absolute atomic E-state index is 11.9. The second-order valence-corrected chi connectivity index (χ2v) is 9.77. The molecule has 2 saturated heterocycles. The molecular formula is C26H34N6O3. The molecule has 2 aromatic heterocycles. The fraction of sp³-hybridized carbons (Fsp3) is 0.500. The Balaban J connectivity index is 1.60. The van der Waals surface area contributed by atoms with E-state index in [2.05, 4.69) is 47.7 Å². The first-order chi connectivity index (χ1) is 16.9. The van der Waals surface area contributed by atoms with Crippen LogP contribution in [0.15, 0.2) is 30.5 Å². The summed E-state index contributed by atoms with van der Waals surface area (Å²) in [5, 5.41) is 3.43. The van der Waals surface area contributed by atoms with Gasteiger partial charge in [-0.1, -0.05) is 0 Å². The number of nitrogens with two attached hydrogens (primary N) is 1. The number of methoxy groups -OCH3 is 1. The number of amides is 1. The van der Waals surface area contributed by atoms with E-state index in [4.69, 9.17) is 25.2 Å². The van der Waals surface area contributed by atoms with Gasteiger partial charge in [0.1, 0.15) is 22.9 Å². The first kappa shape index (κ1) is 23.6. The van der Waals surface area contributed by atoms with E-state index in [9.17, 15) is 4.79 Å². The standard InChI is InChI=1S/C26H34N6O3/c1-15-5-6-16(2)32(15)23-8-7-18(12-29-23)26-30-21-9-19(25(27)33)10-22(34-4)24(21)31(26)14-20-13-28-11-17(3)35-20/h7-10,12,15-17,20,28H,5-6,11,13-14H2,1-4H3,(H2,27,33)/t15-,16-,17-,20-/m0/s1. The molecule has 0 unspecified atom stereocenters. The van der Waals surface area contributed by atoms with Gasteiger partial charge in [0.05, 0.1) is 31.4 Å². The number of carbonyl (C=O) groups is 1. The van der Waals surface area contributed by atoms with Crippen LogP contribution in [0.3, 0.4) is 0 Å². The minimum atomic E-state index is -0.519. The Morgan fingerprint density at radius 1 is 1.20 bits per heavy atom. The second kappa shape index (κ2) is 9.47. The molecule has 35 heavy (non-hydrogen) atoms. The number of nitrogens with zero attached hydrogens (tertiary/aromatic N) is 4. The number of aromatic nitrogens is 3. The molecule has 0 saturated carbocycles. The lowest BCUT2D eigenvalue weighted by Crippen LogP contribution is -2.45. The third-order valence-corrected chi connectivity index (χ3v) is 7.15. The van der Waals surface area contributed by atoms with Gasteiger partial charge in [-0.05, 0) is 57.9 Å². The van der Waals surface area contributed by atoms with E-state index in [0.717, 1.165) is 35.8 Å². The van der Waals surface area contributed by atoms with E-state index in [1.807, 2.05) is 6.20 Å². The number of nitrogens with one attached hydrogen (secondary N) is 1. The van der Waals surface area contributed by atoms with Crippen molar-refractivity contribution >= 4 is 22.8 Å². The molecule has 1 aromatic carbocycles.